The van der Waals surface area contributed by atoms with Crippen molar-refractivity contribution in [1.82, 2.24) is 0 Å². The molecule has 0 fully saturated rings. The first-order valence-corrected chi connectivity index (χ1v) is 6.55. The fraction of sp³-hybridized carbons (Fsp3) is 0.571. The molecule has 0 saturated carbocycles. The maximum atomic E-state index is 5.95. The molecule has 0 aromatic heterocycles. The van der Waals surface area contributed by atoms with Crippen LogP contribution in [0.5, 0.6) is 5.75 Å². The van der Waals surface area contributed by atoms with Gasteiger partial charge in [-0.15, -0.1) is 0 Å². The number of ether oxygens (including phenoxy) is 1. The highest BCUT2D eigenvalue weighted by atomic mass is 16.5. The quantitative estimate of drug-likeness (QED) is 0.814. The summed E-state index contributed by atoms with van der Waals surface area (Å²) in [6, 6.07) is 5.97. The van der Waals surface area contributed by atoms with E-state index >= 15 is 0 Å². The summed E-state index contributed by atoms with van der Waals surface area (Å²) in [7, 11) is 0. The standard InChI is InChI=1S/C14H22N2O/c1-3-5-8-16-10-12(4-2)17-14-9-11(15)6-7-13(14)16/h6-7,9,12H,3-5,8,10,15H2,1-2H3. The summed E-state index contributed by atoms with van der Waals surface area (Å²) in [4.78, 5) is 2.43. The molecule has 1 aromatic carbocycles. The molecule has 0 aliphatic carbocycles. The molecule has 1 aliphatic heterocycles. The fourth-order valence-electron chi connectivity index (χ4n) is 2.22. The molecule has 2 rings (SSSR count). The lowest BCUT2D eigenvalue weighted by atomic mass is 10.1. The minimum absolute atomic E-state index is 0.293. The van der Waals surface area contributed by atoms with Crippen LogP contribution in [0.4, 0.5) is 11.4 Å². The molecule has 1 unspecified atom stereocenters. The second-order valence-corrected chi connectivity index (χ2v) is 4.67. The molecule has 0 amide bonds. The zero-order valence-corrected chi connectivity index (χ0v) is 10.8. The Morgan fingerprint density at radius 2 is 2.24 bits per heavy atom. The summed E-state index contributed by atoms with van der Waals surface area (Å²) >= 11 is 0. The van der Waals surface area contributed by atoms with Crippen molar-refractivity contribution in [2.45, 2.75) is 39.2 Å². The van der Waals surface area contributed by atoms with Crippen molar-refractivity contribution in [3.8, 4) is 5.75 Å². The van der Waals surface area contributed by atoms with E-state index < -0.39 is 0 Å². The Morgan fingerprint density at radius 3 is 2.94 bits per heavy atom. The van der Waals surface area contributed by atoms with E-state index in [-0.39, 0.29) is 0 Å². The van der Waals surface area contributed by atoms with Gasteiger partial charge in [-0.25, -0.2) is 0 Å². The van der Waals surface area contributed by atoms with Crippen LogP contribution in [0.1, 0.15) is 33.1 Å². The van der Waals surface area contributed by atoms with E-state index in [2.05, 4.69) is 24.8 Å². The predicted octanol–water partition coefficient (Wildman–Crippen LogP) is 3.05. The Hall–Kier alpha value is -1.38. The molecule has 0 spiro atoms. The third kappa shape index (κ3) is 2.65. The minimum atomic E-state index is 0.293. The van der Waals surface area contributed by atoms with E-state index in [1.165, 1.54) is 18.5 Å². The highest BCUT2D eigenvalue weighted by Crippen LogP contribution is 2.35. The Kier molecular flexibility index (Phi) is 3.77. The lowest BCUT2D eigenvalue weighted by molar-refractivity contribution is 0.189. The zero-order valence-electron chi connectivity index (χ0n) is 10.8. The van der Waals surface area contributed by atoms with Crippen LogP contribution >= 0.6 is 0 Å². The highest BCUT2D eigenvalue weighted by molar-refractivity contribution is 5.65. The number of nitrogens with two attached hydrogens (primary N) is 1. The number of hydrogen-bond donors (Lipinski definition) is 1. The molecular formula is C14H22N2O. The molecule has 94 valence electrons. The summed E-state index contributed by atoms with van der Waals surface area (Å²) in [5.41, 5.74) is 7.78. The van der Waals surface area contributed by atoms with Gasteiger partial charge in [0.1, 0.15) is 11.9 Å². The molecule has 17 heavy (non-hydrogen) atoms. The van der Waals surface area contributed by atoms with Crippen LogP contribution in [-0.2, 0) is 0 Å². The van der Waals surface area contributed by atoms with E-state index in [0.29, 0.717) is 6.10 Å². The van der Waals surface area contributed by atoms with Gasteiger partial charge in [-0.3, -0.25) is 0 Å². The van der Waals surface area contributed by atoms with Gasteiger partial charge in [0.25, 0.3) is 0 Å². The maximum absolute atomic E-state index is 5.95. The van der Waals surface area contributed by atoms with Gasteiger partial charge < -0.3 is 15.4 Å². The molecule has 0 radical (unpaired) electrons. The van der Waals surface area contributed by atoms with Crippen LogP contribution in [0.25, 0.3) is 0 Å². The van der Waals surface area contributed by atoms with Crippen molar-refractivity contribution in [3.05, 3.63) is 18.2 Å². The summed E-state index contributed by atoms with van der Waals surface area (Å²) in [5, 5.41) is 0. The van der Waals surface area contributed by atoms with Gasteiger partial charge in [0.15, 0.2) is 0 Å². The normalized spacial score (nSPS) is 18.7. The molecular weight excluding hydrogens is 212 g/mol. The zero-order chi connectivity index (χ0) is 12.3. The number of hydrogen-bond acceptors (Lipinski definition) is 3. The van der Waals surface area contributed by atoms with Gasteiger partial charge >= 0.3 is 0 Å². The van der Waals surface area contributed by atoms with Crippen LogP contribution in [0.15, 0.2) is 18.2 Å². The van der Waals surface area contributed by atoms with Gasteiger partial charge in [0.2, 0.25) is 0 Å². The summed E-state index contributed by atoms with van der Waals surface area (Å²) in [5.74, 6) is 0.944. The number of nitrogen functional groups attached to an aromatic ring is 1. The van der Waals surface area contributed by atoms with E-state index in [9.17, 15) is 0 Å². The van der Waals surface area contributed by atoms with E-state index in [1.807, 2.05) is 12.1 Å². The van der Waals surface area contributed by atoms with Gasteiger partial charge in [0, 0.05) is 18.3 Å². The molecule has 1 atom stereocenters. The molecule has 3 nitrogen and oxygen atoms in total. The molecule has 1 aliphatic rings. The van der Waals surface area contributed by atoms with Gasteiger partial charge in [0.05, 0.1) is 12.2 Å². The van der Waals surface area contributed by atoms with Crippen molar-refractivity contribution < 1.29 is 4.74 Å². The van der Waals surface area contributed by atoms with Gasteiger partial charge in [-0.1, -0.05) is 20.3 Å². The van der Waals surface area contributed by atoms with E-state index in [4.69, 9.17) is 10.5 Å². The minimum Gasteiger partial charge on any atom is -0.486 e. The third-order valence-electron chi connectivity index (χ3n) is 3.28. The largest absolute Gasteiger partial charge is 0.486 e. The van der Waals surface area contributed by atoms with Crippen LogP contribution in [-0.4, -0.2) is 19.2 Å². The number of rotatable bonds is 4. The first kappa shape index (κ1) is 12.1. The number of anilines is 2. The van der Waals surface area contributed by atoms with Crippen molar-refractivity contribution in [2.24, 2.45) is 0 Å². The Morgan fingerprint density at radius 1 is 1.41 bits per heavy atom. The van der Waals surface area contributed by atoms with Crippen LogP contribution < -0.4 is 15.4 Å². The van der Waals surface area contributed by atoms with Crippen LogP contribution in [0.2, 0.25) is 0 Å². The Balaban J connectivity index is 2.23. The van der Waals surface area contributed by atoms with Crippen molar-refractivity contribution >= 4 is 11.4 Å². The maximum Gasteiger partial charge on any atom is 0.145 e. The molecule has 0 bridgehead atoms. The smallest absolute Gasteiger partial charge is 0.145 e. The van der Waals surface area contributed by atoms with Crippen LogP contribution in [0.3, 0.4) is 0 Å². The van der Waals surface area contributed by atoms with Crippen molar-refractivity contribution in [3.63, 3.8) is 0 Å². The van der Waals surface area contributed by atoms with E-state index in [1.54, 1.807) is 0 Å². The molecule has 3 heteroatoms. The summed E-state index contributed by atoms with van der Waals surface area (Å²) in [6.45, 7) is 6.49. The second-order valence-electron chi connectivity index (χ2n) is 4.67. The number of nitrogens with zero attached hydrogens (tertiary/aromatic N) is 1. The van der Waals surface area contributed by atoms with Crippen molar-refractivity contribution in [2.75, 3.05) is 23.7 Å². The lowest BCUT2D eigenvalue weighted by Gasteiger charge is -2.36. The lowest BCUT2D eigenvalue weighted by Crippen LogP contribution is -2.40. The third-order valence-corrected chi connectivity index (χ3v) is 3.28. The van der Waals surface area contributed by atoms with Gasteiger partial charge in [-0.05, 0) is 25.0 Å². The topological polar surface area (TPSA) is 38.5 Å². The molecule has 0 saturated heterocycles. The monoisotopic (exact) mass is 234 g/mol. The van der Waals surface area contributed by atoms with Gasteiger partial charge in [-0.2, -0.15) is 0 Å². The first-order valence-electron chi connectivity index (χ1n) is 6.55. The summed E-state index contributed by atoms with van der Waals surface area (Å²) in [6.07, 6.45) is 3.77. The Labute approximate surface area is 104 Å². The SMILES string of the molecule is CCCCN1CC(CC)Oc2cc(N)ccc21. The molecule has 1 aromatic rings. The fourth-order valence-corrected chi connectivity index (χ4v) is 2.22. The van der Waals surface area contributed by atoms with Crippen LogP contribution in [0, 0.1) is 0 Å². The average molecular weight is 234 g/mol. The highest BCUT2D eigenvalue weighted by Gasteiger charge is 2.24. The predicted molar refractivity (Wildman–Crippen MR) is 72.7 cm³/mol. The number of benzene rings is 1. The second kappa shape index (κ2) is 5.30. The molecule has 1 heterocycles. The first-order chi connectivity index (χ1) is 8.24. The average Bonchev–Trinajstić information content (AvgIpc) is 2.34. The number of fused-ring (bicyclic) bond motifs is 1. The van der Waals surface area contributed by atoms with E-state index in [0.717, 1.165) is 30.9 Å². The summed E-state index contributed by atoms with van der Waals surface area (Å²) < 4.78 is 5.95. The Bertz CT molecular complexity index is 378. The van der Waals surface area contributed by atoms with Crippen molar-refractivity contribution in [1.29, 1.82) is 0 Å². The number of unbranched alkanes of at least 4 members (excludes halogenated alkanes) is 1. The molecule has 2 N–H and O–H groups in total.